The minimum atomic E-state index is -4.70. The van der Waals surface area contributed by atoms with Crippen LogP contribution in [0.2, 0.25) is 5.02 Å². The Hall–Kier alpha value is -4.14. The van der Waals surface area contributed by atoms with E-state index in [1.165, 1.54) is 12.1 Å². The van der Waals surface area contributed by atoms with E-state index in [4.69, 9.17) is 26.1 Å². The molecule has 8 rings (SSSR count). The van der Waals surface area contributed by atoms with Gasteiger partial charge in [0, 0.05) is 36.2 Å². The number of nitrogens with zero attached hydrogens (tertiary/aromatic N) is 7. The second kappa shape index (κ2) is 11.8. The third-order valence-corrected chi connectivity index (χ3v) is 9.10. The van der Waals surface area contributed by atoms with E-state index in [1.807, 2.05) is 6.07 Å². The van der Waals surface area contributed by atoms with Gasteiger partial charge >= 0.3 is 6.18 Å². The first-order valence-electron chi connectivity index (χ1n) is 15.5. The summed E-state index contributed by atoms with van der Waals surface area (Å²) < 4.78 is 69.8. The number of fused-ring (bicyclic) bond motifs is 2. The number of benzene rings is 1. The van der Waals surface area contributed by atoms with E-state index >= 15 is 0 Å². The summed E-state index contributed by atoms with van der Waals surface area (Å²) in [6, 6.07) is 6.90. The number of aromatic nitrogens is 7. The quantitative estimate of drug-likeness (QED) is 0.184. The molecular weight excluding hydrogens is 640 g/mol. The third-order valence-electron chi connectivity index (χ3n) is 8.87. The van der Waals surface area contributed by atoms with Gasteiger partial charge in [0.1, 0.15) is 35.3 Å². The molecule has 3 aliphatic rings. The fourth-order valence-corrected chi connectivity index (χ4v) is 6.17. The van der Waals surface area contributed by atoms with Crippen LogP contribution in [-0.4, -0.2) is 58.9 Å². The maximum absolute atomic E-state index is 14.3. The summed E-state index contributed by atoms with van der Waals surface area (Å²) in [4.78, 5) is 20.7. The van der Waals surface area contributed by atoms with Gasteiger partial charge in [-0.1, -0.05) is 17.7 Å². The molecule has 5 aromatic rings. The molecule has 1 N–H and O–H groups in total. The van der Waals surface area contributed by atoms with E-state index in [1.54, 1.807) is 6.20 Å². The number of pyridine rings is 2. The molecule has 1 saturated heterocycles. The number of aromatic amines is 1. The summed E-state index contributed by atoms with van der Waals surface area (Å²) in [5.41, 5.74) is 2.29. The molecule has 2 fully saturated rings. The molecule has 6 heterocycles. The van der Waals surface area contributed by atoms with Crippen molar-refractivity contribution in [3.63, 3.8) is 0 Å². The van der Waals surface area contributed by atoms with Crippen LogP contribution in [0, 0.1) is 5.82 Å². The molecule has 47 heavy (non-hydrogen) atoms. The molecule has 1 aliphatic carbocycles. The predicted molar refractivity (Wildman–Crippen MR) is 162 cm³/mol. The minimum absolute atomic E-state index is 0.0645. The highest BCUT2D eigenvalue weighted by Crippen LogP contribution is 2.39. The van der Waals surface area contributed by atoms with E-state index < -0.39 is 30.0 Å². The van der Waals surface area contributed by atoms with Crippen molar-refractivity contribution < 1.29 is 27.0 Å². The van der Waals surface area contributed by atoms with Gasteiger partial charge in [0.05, 0.1) is 42.1 Å². The van der Waals surface area contributed by atoms with E-state index in [-0.39, 0.29) is 23.2 Å². The van der Waals surface area contributed by atoms with E-state index in [0.29, 0.717) is 61.4 Å². The van der Waals surface area contributed by atoms with Crippen molar-refractivity contribution in [3.05, 3.63) is 81.4 Å². The Kier molecular flexibility index (Phi) is 7.60. The maximum Gasteiger partial charge on any atom is 0.421 e. The van der Waals surface area contributed by atoms with Gasteiger partial charge < -0.3 is 14.0 Å². The van der Waals surface area contributed by atoms with Crippen LogP contribution < -0.4 is 4.74 Å². The fourth-order valence-electron chi connectivity index (χ4n) is 6.01. The molecule has 0 unspecified atom stereocenters. The number of H-pyrrole nitrogens is 1. The van der Waals surface area contributed by atoms with Crippen LogP contribution in [0.5, 0.6) is 5.88 Å². The summed E-state index contributed by atoms with van der Waals surface area (Å²) in [7, 11) is 0. The Morgan fingerprint density at radius 3 is 2.68 bits per heavy atom. The second-order valence-corrected chi connectivity index (χ2v) is 12.7. The highest BCUT2D eigenvalue weighted by molar-refractivity contribution is 6.30. The number of hydrogen-bond acceptors (Lipinski definition) is 8. The summed E-state index contributed by atoms with van der Waals surface area (Å²) in [6.45, 7) is 2.11. The number of halogens is 5. The Bertz CT molecular complexity index is 1970. The van der Waals surface area contributed by atoms with E-state index in [0.717, 1.165) is 54.1 Å². The molecule has 2 aliphatic heterocycles. The Morgan fingerprint density at radius 2 is 1.94 bits per heavy atom. The molecule has 4 aromatic heterocycles. The van der Waals surface area contributed by atoms with Crippen molar-refractivity contribution in [1.82, 2.24) is 39.6 Å². The predicted octanol–water partition coefficient (Wildman–Crippen LogP) is 6.23. The summed E-state index contributed by atoms with van der Waals surface area (Å²) >= 11 is 5.81. The maximum atomic E-state index is 14.3. The molecule has 1 aromatic carbocycles. The molecule has 0 bridgehead atoms. The van der Waals surface area contributed by atoms with Crippen LogP contribution >= 0.6 is 11.6 Å². The van der Waals surface area contributed by atoms with Crippen LogP contribution in [0.25, 0.3) is 22.6 Å². The van der Waals surface area contributed by atoms with Crippen LogP contribution in [0.3, 0.4) is 0 Å². The molecule has 15 heteroatoms. The van der Waals surface area contributed by atoms with Gasteiger partial charge in [0.15, 0.2) is 5.82 Å². The zero-order chi connectivity index (χ0) is 32.3. The summed E-state index contributed by atoms with van der Waals surface area (Å²) in [5.74, 6) is 1.37. The monoisotopic (exact) mass is 668 g/mol. The molecule has 10 nitrogen and oxygen atoms in total. The fraction of sp³-hybridized carbons (Fsp3) is 0.406. The van der Waals surface area contributed by atoms with Crippen molar-refractivity contribution in [1.29, 1.82) is 0 Å². The molecule has 0 amide bonds. The first-order valence-corrected chi connectivity index (χ1v) is 15.8. The van der Waals surface area contributed by atoms with Crippen molar-refractivity contribution in [3.8, 4) is 17.4 Å². The average Bonchev–Trinajstić information content (AvgIpc) is 3.64. The number of rotatable bonds is 9. The Labute approximate surface area is 271 Å². The van der Waals surface area contributed by atoms with E-state index in [2.05, 4.69) is 34.6 Å². The van der Waals surface area contributed by atoms with Crippen molar-refractivity contribution in [2.24, 2.45) is 0 Å². The lowest BCUT2D eigenvalue weighted by Crippen LogP contribution is -2.34. The molecule has 0 radical (unpaired) electrons. The van der Waals surface area contributed by atoms with Gasteiger partial charge in [-0.25, -0.2) is 19.3 Å². The van der Waals surface area contributed by atoms with Gasteiger partial charge in [-0.3, -0.25) is 15.0 Å². The zero-order valence-electron chi connectivity index (χ0n) is 25.0. The number of alkyl halides is 3. The topological polar surface area (TPSA) is 107 Å². The van der Waals surface area contributed by atoms with Gasteiger partial charge in [-0.05, 0) is 55.5 Å². The highest BCUT2D eigenvalue weighted by atomic mass is 35.5. The largest absolute Gasteiger partial charge is 0.472 e. The van der Waals surface area contributed by atoms with Gasteiger partial charge in [-0.2, -0.15) is 18.3 Å². The first-order chi connectivity index (χ1) is 22.7. The Balaban J connectivity index is 1.06. The average molecular weight is 669 g/mol. The number of nitrogens with one attached hydrogen (secondary N) is 1. The molecule has 1 saturated carbocycles. The zero-order valence-corrected chi connectivity index (χ0v) is 25.8. The lowest BCUT2D eigenvalue weighted by atomic mass is 10.0. The van der Waals surface area contributed by atoms with Gasteiger partial charge in [0.25, 0.3) is 0 Å². The standard InChI is InChI=1S/C32H29ClF4N8O2/c33-20-4-3-19(23(34)10-20)16-47-31-22(32(35,36)37)9-18-5-7-44(14-26(18)40-31)15-28-39-24-11-25(30-41-29(42-43-30)17-1-2-17)38-12-27(24)45(28)13-21-6-8-46-21/h3-4,9-12,17,21H,1-2,5-8,13-16H2,(H,41,42,43)/t21-/m0/s1. The lowest BCUT2D eigenvalue weighted by molar-refractivity contribution is -0.139. The van der Waals surface area contributed by atoms with Crippen molar-refractivity contribution in [2.75, 3.05) is 13.2 Å². The lowest BCUT2D eigenvalue weighted by Gasteiger charge is -2.30. The molecule has 0 spiro atoms. The van der Waals surface area contributed by atoms with Gasteiger partial charge in [-0.15, -0.1) is 0 Å². The molecule has 244 valence electrons. The third kappa shape index (κ3) is 6.17. The van der Waals surface area contributed by atoms with Crippen molar-refractivity contribution in [2.45, 2.75) is 70.1 Å². The van der Waals surface area contributed by atoms with Crippen molar-refractivity contribution >= 4 is 22.6 Å². The van der Waals surface area contributed by atoms with Crippen LogP contribution in [0.1, 0.15) is 59.2 Å². The normalized spacial score (nSPS) is 18.4. The SMILES string of the molecule is Fc1cc(Cl)ccc1COc1nc2c(cc1C(F)(F)F)CCN(Cc1nc3cc(-c4n[nH]c(C5CC5)n4)ncc3n1C[C@@H]1CCO1)C2. The van der Waals surface area contributed by atoms with Gasteiger partial charge in [0.2, 0.25) is 5.88 Å². The summed E-state index contributed by atoms with van der Waals surface area (Å²) in [5, 5.41) is 7.56. The summed E-state index contributed by atoms with van der Waals surface area (Å²) in [6.07, 6.45) is 0.673. The number of hydrogen-bond donors (Lipinski definition) is 1. The number of imidazole rings is 1. The van der Waals surface area contributed by atoms with Crippen LogP contribution in [0.15, 0.2) is 36.5 Å². The Morgan fingerprint density at radius 1 is 1.09 bits per heavy atom. The molecule has 1 atom stereocenters. The minimum Gasteiger partial charge on any atom is -0.472 e. The first kappa shape index (κ1) is 30.2. The van der Waals surface area contributed by atoms with E-state index in [9.17, 15) is 17.6 Å². The van der Waals surface area contributed by atoms with Crippen LogP contribution in [0.4, 0.5) is 17.6 Å². The molecular formula is C32H29ClF4N8O2. The second-order valence-electron chi connectivity index (χ2n) is 12.2. The highest BCUT2D eigenvalue weighted by Gasteiger charge is 2.37. The van der Waals surface area contributed by atoms with Crippen LogP contribution in [-0.2, 0) is 43.6 Å². The smallest absolute Gasteiger partial charge is 0.421 e. The number of ether oxygens (including phenoxy) is 2.